The average Bonchev–Trinajstić information content (AvgIpc) is 2.53. The molecule has 0 saturated carbocycles. The van der Waals surface area contributed by atoms with Crippen LogP contribution in [0.5, 0.6) is 5.75 Å². The summed E-state index contributed by atoms with van der Waals surface area (Å²) in [5, 5.41) is 2.87. The highest BCUT2D eigenvalue weighted by Crippen LogP contribution is 2.10. The highest BCUT2D eigenvalue weighted by atomic mass is 16.5. The van der Waals surface area contributed by atoms with Crippen molar-refractivity contribution in [2.45, 2.75) is 39.7 Å². The molecule has 0 atom stereocenters. The molecular formula is C17H26N2O3. The van der Waals surface area contributed by atoms with E-state index in [4.69, 9.17) is 4.74 Å². The van der Waals surface area contributed by atoms with Gasteiger partial charge >= 0.3 is 0 Å². The van der Waals surface area contributed by atoms with Gasteiger partial charge in [0, 0.05) is 33.0 Å². The van der Waals surface area contributed by atoms with Gasteiger partial charge in [-0.2, -0.15) is 0 Å². The van der Waals surface area contributed by atoms with Crippen molar-refractivity contribution in [3.63, 3.8) is 0 Å². The molecule has 1 aromatic carbocycles. The number of nitrogens with one attached hydrogen (secondary N) is 1. The van der Waals surface area contributed by atoms with Crippen LogP contribution in [-0.2, 0) is 16.1 Å². The van der Waals surface area contributed by atoms with E-state index in [0.717, 1.165) is 30.7 Å². The molecule has 2 amide bonds. The summed E-state index contributed by atoms with van der Waals surface area (Å²) in [6.45, 7) is 5.31. The maximum atomic E-state index is 11.9. The standard InChI is InChI=1S/C17H26N2O3/c1-4-5-11-19(14(2)20)12-10-17(21)18-13-15-6-8-16(22-3)9-7-15/h6-9H,4-5,10-13H2,1-3H3,(H,18,21). The number of benzene rings is 1. The van der Waals surface area contributed by atoms with Crippen molar-refractivity contribution in [1.82, 2.24) is 10.2 Å². The van der Waals surface area contributed by atoms with Crippen molar-refractivity contribution in [3.05, 3.63) is 29.8 Å². The highest BCUT2D eigenvalue weighted by molar-refractivity contribution is 5.78. The van der Waals surface area contributed by atoms with E-state index in [1.165, 1.54) is 0 Å². The molecule has 5 heteroatoms. The van der Waals surface area contributed by atoms with Gasteiger partial charge in [-0.05, 0) is 24.1 Å². The summed E-state index contributed by atoms with van der Waals surface area (Å²) in [5.74, 6) is 0.776. The number of hydrogen-bond donors (Lipinski definition) is 1. The predicted octanol–water partition coefficient (Wildman–Crippen LogP) is 2.35. The van der Waals surface area contributed by atoms with Crippen LogP contribution in [0.15, 0.2) is 24.3 Å². The SMILES string of the molecule is CCCCN(CCC(=O)NCc1ccc(OC)cc1)C(C)=O. The zero-order valence-corrected chi connectivity index (χ0v) is 13.7. The number of amides is 2. The maximum absolute atomic E-state index is 11.9. The van der Waals surface area contributed by atoms with Crippen molar-refractivity contribution in [2.24, 2.45) is 0 Å². The summed E-state index contributed by atoms with van der Waals surface area (Å²) in [7, 11) is 1.62. The number of hydrogen-bond acceptors (Lipinski definition) is 3. The van der Waals surface area contributed by atoms with Crippen LogP contribution in [0.3, 0.4) is 0 Å². The zero-order chi connectivity index (χ0) is 16.4. The highest BCUT2D eigenvalue weighted by Gasteiger charge is 2.10. The average molecular weight is 306 g/mol. The third-order valence-electron chi connectivity index (χ3n) is 3.48. The van der Waals surface area contributed by atoms with E-state index in [1.807, 2.05) is 24.3 Å². The lowest BCUT2D eigenvalue weighted by molar-refractivity contribution is -0.129. The third kappa shape index (κ3) is 6.61. The summed E-state index contributed by atoms with van der Waals surface area (Å²) < 4.78 is 5.09. The molecule has 0 saturated heterocycles. The molecule has 0 aromatic heterocycles. The normalized spacial score (nSPS) is 10.1. The van der Waals surface area contributed by atoms with Crippen molar-refractivity contribution >= 4 is 11.8 Å². The van der Waals surface area contributed by atoms with Crippen LogP contribution in [0.1, 0.15) is 38.7 Å². The monoisotopic (exact) mass is 306 g/mol. The Morgan fingerprint density at radius 1 is 1.18 bits per heavy atom. The molecule has 122 valence electrons. The van der Waals surface area contributed by atoms with Crippen LogP contribution in [0.4, 0.5) is 0 Å². The number of ether oxygens (including phenoxy) is 1. The molecule has 22 heavy (non-hydrogen) atoms. The molecule has 0 aliphatic carbocycles. The molecule has 0 aliphatic rings. The first-order chi connectivity index (χ1) is 10.6. The zero-order valence-electron chi connectivity index (χ0n) is 13.7. The van der Waals surface area contributed by atoms with Crippen molar-refractivity contribution in [2.75, 3.05) is 20.2 Å². The second-order valence-electron chi connectivity index (χ2n) is 5.23. The van der Waals surface area contributed by atoms with E-state index < -0.39 is 0 Å². The first kappa shape index (κ1) is 18.0. The van der Waals surface area contributed by atoms with Crippen LogP contribution < -0.4 is 10.1 Å². The lowest BCUT2D eigenvalue weighted by atomic mass is 10.2. The molecule has 5 nitrogen and oxygen atoms in total. The minimum Gasteiger partial charge on any atom is -0.497 e. The Kier molecular flexibility index (Phi) is 8.04. The van der Waals surface area contributed by atoms with Gasteiger partial charge in [0.1, 0.15) is 5.75 Å². The Morgan fingerprint density at radius 3 is 2.41 bits per heavy atom. The van der Waals surface area contributed by atoms with Gasteiger partial charge in [-0.15, -0.1) is 0 Å². The van der Waals surface area contributed by atoms with Crippen LogP contribution in [0.2, 0.25) is 0 Å². The van der Waals surface area contributed by atoms with E-state index in [2.05, 4.69) is 12.2 Å². The molecular weight excluding hydrogens is 280 g/mol. The van der Waals surface area contributed by atoms with E-state index >= 15 is 0 Å². The minimum atomic E-state index is -0.0430. The van der Waals surface area contributed by atoms with Gasteiger partial charge in [0.25, 0.3) is 0 Å². The fourth-order valence-corrected chi connectivity index (χ4v) is 2.04. The molecule has 0 unspecified atom stereocenters. The molecule has 0 fully saturated rings. The van der Waals surface area contributed by atoms with Gasteiger partial charge in [-0.25, -0.2) is 0 Å². The Hall–Kier alpha value is -2.04. The molecule has 0 aliphatic heterocycles. The Bertz CT molecular complexity index is 471. The van der Waals surface area contributed by atoms with E-state index in [9.17, 15) is 9.59 Å². The van der Waals surface area contributed by atoms with Crippen molar-refractivity contribution in [1.29, 1.82) is 0 Å². The second kappa shape index (κ2) is 9.82. The lowest BCUT2D eigenvalue weighted by Crippen LogP contribution is -2.34. The van der Waals surface area contributed by atoms with Gasteiger partial charge in [0.15, 0.2) is 0 Å². The molecule has 0 bridgehead atoms. The maximum Gasteiger partial charge on any atom is 0.222 e. The van der Waals surface area contributed by atoms with E-state index in [1.54, 1.807) is 18.9 Å². The predicted molar refractivity (Wildman–Crippen MR) is 86.6 cm³/mol. The molecule has 1 N–H and O–H groups in total. The minimum absolute atomic E-state index is 0.0244. The summed E-state index contributed by atoms with van der Waals surface area (Å²) >= 11 is 0. The number of methoxy groups -OCH3 is 1. The molecule has 1 aromatic rings. The molecule has 0 spiro atoms. The number of unbranched alkanes of at least 4 members (excludes halogenated alkanes) is 1. The first-order valence-electron chi connectivity index (χ1n) is 7.72. The number of rotatable bonds is 9. The Morgan fingerprint density at radius 2 is 1.86 bits per heavy atom. The van der Waals surface area contributed by atoms with Crippen LogP contribution >= 0.6 is 0 Å². The molecule has 1 rings (SSSR count). The number of carbonyl (C=O) groups excluding carboxylic acids is 2. The topological polar surface area (TPSA) is 58.6 Å². The fourth-order valence-electron chi connectivity index (χ4n) is 2.04. The van der Waals surface area contributed by atoms with E-state index in [-0.39, 0.29) is 11.8 Å². The Balaban J connectivity index is 2.33. The van der Waals surface area contributed by atoms with Gasteiger partial charge in [-0.1, -0.05) is 25.5 Å². The van der Waals surface area contributed by atoms with Gasteiger partial charge in [0.2, 0.25) is 11.8 Å². The lowest BCUT2D eigenvalue weighted by Gasteiger charge is -2.20. The summed E-state index contributed by atoms with van der Waals surface area (Å²) in [6.07, 6.45) is 2.33. The van der Waals surface area contributed by atoms with Crippen LogP contribution in [0.25, 0.3) is 0 Å². The van der Waals surface area contributed by atoms with E-state index in [0.29, 0.717) is 19.5 Å². The fraction of sp³-hybridized carbons (Fsp3) is 0.529. The third-order valence-corrected chi connectivity index (χ3v) is 3.48. The Labute approximate surface area is 132 Å². The summed E-state index contributed by atoms with van der Waals surface area (Å²) in [5.41, 5.74) is 1.02. The second-order valence-corrected chi connectivity index (χ2v) is 5.23. The number of nitrogens with zero attached hydrogens (tertiary/aromatic N) is 1. The quantitative estimate of drug-likeness (QED) is 0.762. The molecule has 0 heterocycles. The van der Waals surface area contributed by atoms with Crippen molar-refractivity contribution in [3.8, 4) is 5.75 Å². The first-order valence-corrected chi connectivity index (χ1v) is 7.72. The van der Waals surface area contributed by atoms with Crippen molar-refractivity contribution < 1.29 is 14.3 Å². The summed E-state index contributed by atoms with van der Waals surface area (Å²) in [6, 6.07) is 7.57. The van der Waals surface area contributed by atoms with Gasteiger partial charge < -0.3 is 15.0 Å². The molecule has 0 radical (unpaired) electrons. The summed E-state index contributed by atoms with van der Waals surface area (Å²) in [4.78, 5) is 25.1. The smallest absolute Gasteiger partial charge is 0.222 e. The van der Waals surface area contributed by atoms with Crippen LogP contribution in [0, 0.1) is 0 Å². The number of carbonyl (C=O) groups is 2. The largest absolute Gasteiger partial charge is 0.497 e. The van der Waals surface area contributed by atoms with Gasteiger partial charge in [0.05, 0.1) is 7.11 Å². The van der Waals surface area contributed by atoms with Gasteiger partial charge in [-0.3, -0.25) is 9.59 Å². The van der Waals surface area contributed by atoms with Crippen LogP contribution in [-0.4, -0.2) is 36.9 Å².